The molecule has 2 heterocycles. The Morgan fingerprint density at radius 3 is 2.80 bits per heavy atom. The molecule has 2 atom stereocenters. The highest BCUT2D eigenvalue weighted by Crippen LogP contribution is 2.25. The number of benzene rings is 1. The Kier molecular flexibility index (Phi) is 6.64. The number of hydrogen-bond donors (Lipinski definition) is 3. The van der Waals surface area contributed by atoms with Gasteiger partial charge in [-0.25, -0.2) is 4.98 Å². The fourth-order valence-electron chi connectivity index (χ4n) is 3.51. The molecule has 0 amide bonds. The third kappa shape index (κ3) is 4.58. The molecule has 156 valence electrons. The van der Waals surface area contributed by atoms with Crippen LogP contribution in [0.15, 0.2) is 60.4 Å². The molecular formula is C23H28N6O. The third-order valence-corrected chi connectivity index (χ3v) is 5.01. The van der Waals surface area contributed by atoms with Gasteiger partial charge in [0.25, 0.3) is 0 Å². The van der Waals surface area contributed by atoms with Gasteiger partial charge in [0, 0.05) is 61.1 Å². The van der Waals surface area contributed by atoms with Crippen molar-refractivity contribution in [1.29, 1.82) is 5.41 Å². The van der Waals surface area contributed by atoms with E-state index in [0.29, 0.717) is 23.5 Å². The Morgan fingerprint density at radius 2 is 2.10 bits per heavy atom. The van der Waals surface area contributed by atoms with Crippen LogP contribution >= 0.6 is 0 Å². The number of ether oxygens (including phenoxy) is 1. The molecule has 7 heteroatoms. The maximum atomic E-state index is 8.78. The van der Waals surface area contributed by atoms with E-state index in [2.05, 4.69) is 21.5 Å². The Bertz CT molecular complexity index is 997. The minimum absolute atomic E-state index is 0.0484. The zero-order chi connectivity index (χ0) is 21.7. The number of pyridine rings is 1. The maximum Gasteiger partial charge on any atom is 0.129 e. The van der Waals surface area contributed by atoms with Crippen LogP contribution in [0.3, 0.4) is 0 Å². The lowest BCUT2D eigenvalue weighted by Crippen LogP contribution is -2.46. The molecule has 0 radical (unpaired) electrons. The van der Waals surface area contributed by atoms with E-state index in [0.717, 1.165) is 29.1 Å². The number of nitrogens with one attached hydrogen (secondary N) is 1. The van der Waals surface area contributed by atoms with Crippen LogP contribution in [0.25, 0.3) is 5.57 Å². The molecule has 2 aromatic rings. The van der Waals surface area contributed by atoms with Gasteiger partial charge in [0.2, 0.25) is 0 Å². The number of hydrogen-bond acceptors (Lipinski definition) is 7. The lowest BCUT2D eigenvalue weighted by molar-refractivity contribution is 0.0102. The summed E-state index contributed by atoms with van der Waals surface area (Å²) in [6.07, 6.45) is 6.72. The van der Waals surface area contributed by atoms with E-state index < -0.39 is 0 Å². The molecule has 0 aliphatic carbocycles. The number of allylic oxidation sites excluding steroid dienone is 1. The topological polar surface area (TPSA) is 114 Å². The standard InChI is InChI=1S/C23H28N6O/c1-4-19-14-29(13-15(2)30-19)22-10-17(7-8-28-22)23(26)20-9-16(5-6-21(20)25)18(11-24)12-27-3/h4-12,15,19,26H,1,13-14,24-25H2,2-3H3/t15-,19+/m0/s1. The molecule has 0 bridgehead atoms. The lowest BCUT2D eigenvalue weighted by atomic mass is 9.97. The predicted octanol–water partition coefficient (Wildman–Crippen LogP) is 2.86. The first-order chi connectivity index (χ1) is 14.5. The largest absolute Gasteiger partial charge is 0.404 e. The van der Waals surface area contributed by atoms with Crippen LogP contribution in [-0.2, 0) is 4.74 Å². The molecule has 30 heavy (non-hydrogen) atoms. The molecule has 0 unspecified atom stereocenters. The van der Waals surface area contributed by atoms with Gasteiger partial charge in [-0.05, 0) is 36.8 Å². The summed E-state index contributed by atoms with van der Waals surface area (Å²) in [5, 5.41) is 8.78. The Balaban J connectivity index is 1.93. The Labute approximate surface area is 177 Å². The van der Waals surface area contributed by atoms with Crippen molar-refractivity contribution >= 4 is 29.0 Å². The molecular weight excluding hydrogens is 376 g/mol. The summed E-state index contributed by atoms with van der Waals surface area (Å²) in [4.78, 5) is 10.7. The van der Waals surface area contributed by atoms with Gasteiger partial charge >= 0.3 is 0 Å². The van der Waals surface area contributed by atoms with Gasteiger partial charge in [-0.15, -0.1) is 6.58 Å². The number of nitrogens with two attached hydrogens (primary N) is 2. The summed E-state index contributed by atoms with van der Waals surface area (Å²) in [6.45, 7) is 7.28. The van der Waals surface area contributed by atoms with E-state index in [1.54, 1.807) is 25.5 Å². The lowest BCUT2D eigenvalue weighted by Gasteiger charge is -2.36. The van der Waals surface area contributed by atoms with Crippen LogP contribution in [0, 0.1) is 5.41 Å². The van der Waals surface area contributed by atoms with Gasteiger partial charge in [0.05, 0.1) is 17.9 Å². The van der Waals surface area contributed by atoms with Crippen LogP contribution in [0.5, 0.6) is 0 Å². The minimum atomic E-state index is -0.0484. The van der Waals surface area contributed by atoms with Crippen molar-refractivity contribution in [3.05, 3.63) is 72.1 Å². The highest BCUT2D eigenvalue weighted by Gasteiger charge is 2.24. The Hall–Kier alpha value is -3.45. The zero-order valence-electron chi connectivity index (χ0n) is 17.4. The van der Waals surface area contributed by atoms with E-state index in [1.165, 1.54) is 6.20 Å². The first-order valence-corrected chi connectivity index (χ1v) is 9.79. The summed E-state index contributed by atoms with van der Waals surface area (Å²) in [5.41, 5.74) is 15.8. The van der Waals surface area contributed by atoms with Crippen LogP contribution in [0.2, 0.25) is 0 Å². The first-order valence-electron chi connectivity index (χ1n) is 9.79. The summed E-state index contributed by atoms with van der Waals surface area (Å²) in [5.74, 6) is 0.801. The van der Waals surface area contributed by atoms with Crippen LogP contribution in [-0.4, -0.2) is 49.3 Å². The summed E-state index contributed by atoms with van der Waals surface area (Å²) < 4.78 is 5.84. The van der Waals surface area contributed by atoms with Crippen molar-refractivity contribution in [1.82, 2.24) is 4.98 Å². The number of rotatable bonds is 6. The highest BCUT2D eigenvalue weighted by atomic mass is 16.5. The number of nitrogen functional groups attached to an aromatic ring is 1. The molecule has 1 fully saturated rings. The molecule has 1 aromatic heterocycles. The summed E-state index contributed by atoms with van der Waals surface area (Å²) >= 11 is 0. The Morgan fingerprint density at radius 1 is 1.30 bits per heavy atom. The van der Waals surface area contributed by atoms with Crippen molar-refractivity contribution in [2.45, 2.75) is 19.1 Å². The SMILES string of the molecule is C=C[C@@H]1CN(c2cc(C(=N)c3cc(C(C=NC)=CN)ccc3N)ccn2)C[C@H](C)O1. The molecule has 0 saturated carbocycles. The summed E-state index contributed by atoms with van der Waals surface area (Å²) in [6, 6.07) is 9.25. The molecule has 1 aromatic carbocycles. The molecule has 0 spiro atoms. The maximum absolute atomic E-state index is 8.78. The second kappa shape index (κ2) is 9.37. The van der Waals surface area contributed by atoms with Gasteiger partial charge in [-0.1, -0.05) is 12.1 Å². The van der Waals surface area contributed by atoms with Crippen LogP contribution < -0.4 is 16.4 Å². The molecule has 1 aliphatic rings. The first kappa shape index (κ1) is 21.3. The second-order valence-electron chi connectivity index (χ2n) is 7.21. The van der Waals surface area contributed by atoms with E-state index in [4.69, 9.17) is 21.6 Å². The molecule has 5 N–H and O–H groups in total. The van der Waals surface area contributed by atoms with Crippen molar-refractivity contribution in [2.75, 3.05) is 30.8 Å². The predicted molar refractivity (Wildman–Crippen MR) is 124 cm³/mol. The summed E-state index contributed by atoms with van der Waals surface area (Å²) in [7, 11) is 1.69. The number of aromatic nitrogens is 1. The molecule has 1 saturated heterocycles. The smallest absolute Gasteiger partial charge is 0.129 e. The molecule has 7 nitrogen and oxygen atoms in total. The number of morpholine rings is 1. The van der Waals surface area contributed by atoms with Crippen LogP contribution in [0.1, 0.15) is 23.6 Å². The monoisotopic (exact) mass is 404 g/mol. The normalized spacial score (nSPS) is 19.8. The van der Waals surface area contributed by atoms with Gasteiger partial charge < -0.3 is 21.1 Å². The second-order valence-corrected chi connectivity index (χ2v) is 7.21. The van der Waals surface area contributed by atoms with Crippen molar-refractivity contribution in [3.63, 3.8) is 0 Å². The van der Waals surface area contributed by atoms with Gasteiger partial charge in [0.15, 0.2) is 0 Å². The minimum Gasteiger partial charge on any atom is -0.404 e. The van der Waals surface area contributed by atoms with Crippen molar-refractivity contribution in [3.8, 4) is 0 Å². The molecule has 1 aliphatic heterocycles. The molecule has 3 rings (SSSR count). The van der Waals surface area contributed by atoms with E-state index in [9.17, 15) is 0 Å². The highest BCUT2D eigenvalue weighted by molar-refractivity contribution is 6.16. The quantitative estimate of drug-likeness (QED) is 0.389. The number of aliphatic imine (C=N–C) groups is 1. The van der Waals surface area contributed by atoms with Crippen molar-refractivity contribution < 1.29 is 4.74 Å². The fraction of sp³-hybridized carbons (Fsp3) is 0.261. The van der Waals surface area contributed by atoms with Gasteiger partial charge in [-0.3, -0.25) is 10.4 Å². The average molecular weight is 405 g/mol. The zero-order valence-corrected chi connectivity index (χ0v) is 17.4. The third-order valence-electron chi connectivity index (χ3n) is 5.01. The average Bonchev–Trinajstić information content (AvgIpc) is 2.77. The van der Waals surface area contributed by atoms with Gasteiger partial charge in [0.1, 0.15) is 5.82 Å². The van der Waals surface area contributed by atoms with Crippen molar-refractivity contribution in [2.24, 2.45) is 10.7 Å². The van der Waals surface area contributed by atoms with Gasteiger partial charge in [-0.2, -0.15) is 0 Å². The van der Waals surface area contributed by atoms with Crippen LogP contribution in [0.4, 0.5) is 11.5 Å². The van der Waals surface area contributed by atoms with E-state index >= 15 is 0 Å². The number of anilines is 2. The van der Waals surface area contributed by atoms with E-state index in [1.807, 2.05) is 37.3 Å². The fourth-order valence-corrected chi connectivity index (χ4v) is 3.51. The number of nitrogens with zero attached hydrogens (tertiary/aromatic N) is 3. The van der Waals surface area contributed by atoms with E-state index in [-0.39, 0.29) is 12.2 Å².